The normalized spacial score (nSPS) is 13.6. The SMILES string of the molecule is Cc1cc(-c2ccccc2)cc2c1nc(CCC(=O)NS(C)(=O)=O)n2Cc1ccc2c(c1)CCc1ccccc1/C2=C\C#N. The third kappa shape index (κ3) is 6.05. The third-order valence-corrected chi connectivity index (χ3v) is 8.68. The maximum absolute atomic E-state index is 12.4. The van der Waals surface area contributed by atoms with Gasteiger partial charge in [-0.15, -0.1) is 0 Å². The molecule has 0 atom stereocenters. The minimum atomic E-state index is -3.65. The Morgan fingerprint density at radius 1 is 0.955 bits per heavy atom. The van der Waals surface area contributed by atoms with Gasteiger partial charge in [-0.3, -0.25) is 9.52 Å². The van der Waals surface area contributed by atoms with E-state index in [1.54, 1.807) is 6.08 Å². The molecular formula is C36H32N4O3S. The average Bonchev–Trinajstić information content (AvgIpc) is 3.27. The number of fused-ring (bicyclic) bond motifs is 3. The summed E-state index contributed by atoms with van der Waals surface area (Å²) in [5.41, 5.74) is 11.6. The number of benzene rings is 4. The molecule has 1 aliphatic rings. The number of rotatable bonds is 7. The Labute approximate surface area is 257 Å². The van der Waals surface area contributed by atoms with Crippen LogP contribution in [0.3, 0.4) is 0 Å². The van der Waals surface area contributed by atoms with Gasteiger partial charge < -0.3 is 4.57 Å². The summed E-state index contributed by atoms with van der Waals surface area (Å²) in [5.74, 6) is 0.151. The van der Waals surface area contributed by atoms with Gasteiger partial charge in [0.25, 0.3) is 0 Å². The lowest BCUT2D eigenvalue weighted by molar-refractivity contribution is -0.119. The molecule has 220 valence electrons. The molecule has 1 aromatic heterocycles. The second-order valence-electron chi connectivity index (χ2n) is 11.3. The van der Waals surface area contributed by atoms with E-state index < -0.39 is 15.9 Å². The first-order valence-corrected chi connectivity index (χ1v) is 16.5. The van der Waals surface area contributed by atoms with Gasteiger partial charge in [0, 0.05) is 25.5 Å². The van der Waals surface area contributed by atoms with Crippen LogP contribution < -0.4 is 4.72 Å². The molecule has 1 N–H and O–H groups in total. The zero-order valence-corrected chi connectivity index (χ0v) is 25.5. The smallest absolute Gasteiger partial charge is 0.233 e. The van der Waals surface area contributed by atoms with Gasteiger partial charge in [-0.2, -0.15) is 5.26 Å². The molecule has 0 saturated carbocycles. The van der Waals surface area contributed by atoms with Crippen LogP contribution in [0.1, 0.15) is 45.6 Å². The molecule has 0 unspecified atom stereocenters. The van der Waals surface area contributed by atoms with E-state index in [0.29, 0.717) is 12.4 Å². The summed E-state index contributed by atoms with van der Waals surface area (Å²) in [5, 5.41) is 9.60. The van der Waals surface area contributed by atoms with E-state index in [1.165, 1.54) is 11.1 Å². The number of nitrogens with zero attached hydrogens (tertiary/aromatic N) is 3. The highest BCUT2D eigenvalue weighted by atomic mass is 32.2. The minimum Gasteiger partial charge on any atom is -0.323 e. The van der Waals surface area contributed by atoms with Crippen LogP contribution in [-0.2, 0) is 40.6 Å². The fourth-order valence-corrected chi connectivity index (χ4v) is 6.64. The molecule has 7 nitrogen and oxygen atoms in total. The van der Waals surface area contributed by atoms with Gasteiger partial charge in [-0.05, 0) is 82.0 Å². The number of carbonyl (C=O) groups excluding carboxylic acids is 1. The number of hydrogen-bond acceptors (Lipinski definition) is 5. The monoisotopic (exact) mass is 600 g/mol. The number of nitrogens with one attached hydrogen (secondary N) is 1. The fraction of sp³-hybridized carbons (Fsp3) is 0.194. The number of sulfonamides is 1. The number of aromatic nitrogens is 2. The second-order valence-corrected chi connectivity index (χ2v) is 13.0. The van der Waals surface area contributed by atoms with E-state index in [1.807, 2.05) is 37.3 Å². The van der Waals surface area contributed by atoms with Crippen LogP contribution in [0.15, 0.2) is 91.0 Å². The first-order chi connectivity index (χ1) is 21.2. The topological polar surface area (TPSA) is 105 Å². The lowest BCUT2D eigenvalue weighted by Gasteiger charge is -2.15. The number of amides is 1. The lowest BCUT2D eigenvalue weighted by Crippen LogP contribution is -2.29. The van der Waals surface area contributed by atoms with E-state index in [9.17, 15) is 18.5 Å². The van der Waals surface area contributed by atoms with Crippen molar-refractivity contribution in [1.82, 2.24) is 14.3 Å². The molecule has 4 aromatic carbocycles. The summed E-state index contributed by atoms with van der Waals surface area (Å²) in [6.45, 7) is 2.56. The molecule has 8 heteroatoms. The van der Waals surface area contributed by atoms with Gasteiger partial charge >= 0.3 is 0 Å². The van der Waals surface area contributed by atoms with Crippen LogP contribution in [0.4, 0.5) is 0 Å². The molecule has 0 saturated heterocycles. The Bertz CT molecular complexity index is 2090. The first-order valence-electron chi connectivity index (χ1n) is 14.6. The predicted molar refractivity (Wildman–Crippen MR) is 173 cm³/mol. The average molecular weight is 601 g/mol. The fourth-order valence-electron chi connectivity index (χ4n) is 6.12. The highest BCUT2D eigenvalue weighted by Crippen LogP contribution is 2.35. The molecule has 0 bridgehead atoms. The number of allylic oxidation sites excluding steroid dienone is 1. The minimum absolute atomic E-state index is 0.00819. The number of hydrogen-bond donors (Lipinski definition) is 1. The molecule has 0 fully saturated rings. The Morgan fingerprint density at radius 2 is 1.68 bits per heavy atom. The van der Waals surface area contributed by atoms with Gasteiger partial charge in [0.1, 0.15) is 5.82 Å². The molecule has 0 radical (unpaired) electrons. The predicted octanol–water partition coefficient (Wildman–Crippen LogP) is 6.12. The Balaban J connectivity index is 1.42. The molecule has 1 amide bonds. The van der Waals surface area contributed by atoms with Crippen molar-refractivity contribution in [2.45, 2.75) is 39.2 Å². The van der Waals surface area contributed by atoms with E-state index in [-0.39, 0.29) is 12.8 Å². The van der Waals surface area contributed by atoms with Crippen molar-refractivity contribution in [3.8, 4) is 17.2 Å². The van der Waals surface area contributed by atoms with Crippen molar-refractivity contribution >= 4 is 32.5 Å². The molecule has 44 heavy (non-hydrogen) atoms. The van der Waals surface area contributed by atoms with Gasteiger partial charge in [0.05, 0.1) is 23.4 Å². The standard InChI is InChI=1S/C36H32N4O3S/c1-24-20-29(26-8-4-3-5-9-26)22-33-36(24)38-34(16-17-35(41)39-44(2,42)43)40(33)23-25-12-15-31-28(21-25)14-13-27-10-6-7-11-30(27)32(31)18-19-37/h3-12,15,18,20-22H,13-14,16-17,23H2,1-2H3,(H,39,41)/b32-18+. The van der Waals surface area contributed by atoms with E-state index in [2.05, 4.69) is 70.0 Å². The van der Waals surface area contributed by atoms with Gasteiger partial charge in [0.15, 0.2) is 0 Å². The van der Waals surface area contributed by atoms with Crippen LogP contribution in [0.2, 0.25) is 0 Å². The van der Waals surface area contributed by atoms with Crippen LogP contribution in [0.5, 0.6) is 0 Å². The quantitative estimate of drug-likeness (QED) is 0.227. The molecule has 1 heterocycles. The second kappa shape index (κ2) is 11.9. The summed E-state index contributed by atoms with van der Waals surface area (Å²) in [6.07, 6.45) is 4.62. The Hall–Kier alpha value is -5.00. The van der Waals surface area contributed by atoms with Gasteiger partial charge in [0.2, 0.25) is 15.9 Å². The Kier molecular flexibility index (Phi) is 7.90. The van der Waals surface area contributed by atoms with E-state index >= 15 is 0 Å². The van der Waals surface area contributed by atoms with Gasteiger partial charge in [-0.1, -0.05) is 72.8 Å². The van der Waals surface area contributed by atoms with E-state index in [4.69, 9.17) is 4.98 Å². The molecule has 0 aliphatic heterocycles. The molecule has 5 aromatic rings. The molecule has 1 aliphatic carbocycles. The van der Waals surface area contributed by atoms with Crippen LogP contribution in [-0.4, -0.2) is 30.1 Å². The number of imidazole rings is 1. The van der Waals surface area contributed by atoms with E-state index in [0.717, 1.165) is 69.1 Å². The van der Waals surface area contributed by atoms with Crippen molar-refractivity contribution in [3.63, 3.8) is 0 Å². The molecular weight excluding hydrogens is 568 g/mol. The van der Waals surface area contributed by atoms with Crippen molar-refractivity contribution in [3.05, 3.63) is 130 Å². The van der Waals surface area contributed by atoms with Crippen LogP contribution in [0.25, 0.3) is 27.7 Å². The lowest BCUT2D eigenvalue weighted by atomic mass is 9.93. The Morgan fingerprint density at radius 3 is 2.45 bits per heavy atom. The molecule has 6 rings (SSSR count). The largest absolute Gasteiger partial charge is 0.323 e. The number of nitriles is 1. The van der Waals surface area contributed by atoms with Gasteiger partial charge in [-0.25, -0.2) is 13.4 Å². The summed E-state index contributed by atoms with van der Waals surface area (Å²) in [4.78, 5) is 17.4. The summed E-state index contributed by atoms with van der Waals surface area (Å²) in [7, 11) is -3.65. The zero-order chi connectivity index (χ0) is 30.8. The summed E-state index contributed by atoms with van der Waals surface area (Å²) >= 11 is 0. The third-order valence-electron chi connectivity index (χ3n) is 8.09. The van der Waals surface area contributed by atoms with Crippen LogP contribution in [0, 0.1) is 18.3 Å². The highest BCUT2D eigenvalue weighted by molar-refractivity contribution is 7.89. The number of carbonyl (C=O) groups is 1. The maximum atomic E-state index is 12.4. The van der Waals surface area contributed by atoms with Crippen molar-refractivity contribution in [1.29, 1.82) is 5.26 Å². The maximum Gasteiger partial charge on any atom is 0.233 e. The zero-order valence-electron chi connectivity index (χ0n) is 24.7. The number of aryl methyl sites for hydroxylation is 4. The van der Waals surface area contributed by atoms with Crippen molar-refractivity contribution < 1.29 is 13.2 Å². The first kappa shape index (κ1) is 29.1. The molecule has 0 spiro atoms. The highest BCUT2D eigenvalue weighted by Gasteiger charge is 2.20. The summed E-state index contributed by atoms with van der Waals surface area (Å²) < 4.78 is 27.5. The van der Waals surface area contributed by atoms with Crippen LogP contribution >= 0.6 is 0 Å². The van der Waals surface area contributed by atoms with Crippen molar-refractivity contribution in [2.75, 3.05) is 6.26 Å². The van der Waals surface area contributed by atoms with Crippen molar-refractivity contribution in [2.24, 2.45) is 0 Å². The summed E-state index contributed by atoms with van der Waals surface area (Å²) in [6, 6.07) is 31.4.